The molecule has 1 aromatic carbocycles. The molecule has 2 aromatic rings. The third-order valence-electron chi connectivity index (χ3n) is 2.83. The van der Waals surface area contributed by atoms with E-state index in [0.29, 0.717) is 6.54 Å². The van der Waals surface area contributed by atoms with Crippen LogP contribution in [-0.4, -0.2) is 4.98 Å². The highest BCUT2D eigenvalue weighted by atomic mass is 32.1. The monoisotopic (exact) mass is 232 g/mol. The zero-order valence-electron chi connectivity index (χ0n) is 9.87. The van der Waals surface area contributed by atoms with E-state index in [0.717, 1.165) is 10.7 Å². The summed E-state index contributed by atoms with van der Waals surface area (Å²) >= 11 is 1.66. The Morgan fingerprint density at radius 1 is 1.12 bits per heavy atom. The standard InChI is InChI=1S/C13H16N2S/c1-8-4-10(3)12(5-9(8)2)13-15-11(6-14)7-16-13/h4-5,7H,6,14H2,1-3H3. The summed E-state index contributed by atoms with van der Waals surface area (Å²) < 4.78 is 0. The van der Waals surface area contributed by atoms with Crippen molar-refractivity contribution in [1.82, 2.24) is 4.98 Å². The maximum Gasteiger partial charge on any atom is 0.123 e. The highest BCUT2D eigenvalue weighted by molar-refractivity contribution is 7.13. The number of hydrogen-bond acceptors (Lipinski definition) is 3. The van der Waals surface area contributed by atoms with Crippen molar-refractivity contribution in [3.05, 3.63) is 39.9 Å². The van der Waals surface area contributed by atoms with Gasteiger partial charge < -0.3 is 5.73 Å². The Morgan fingerprint density at radius 3 is 2.44 bits per heavy atom. The molecule has 0 fully saturated rings. The first kappa shape index (κ1) is 11.3. The van der Waals surface area contributed by atoms with Crippen LogP contribution in [0.1, 0.15) is 22.4 Å². The fourth-order valence-corrected chi connectivity index (χ4v) is 2.63. The van der Waals surface area contributed by atoms with E-state index in [2.05, 4.69) is 37.9 Å². The van der Waals surface area contributed by atoms with Gasteiger partial charge in [0.2, 0.25) is 0 Å². The Bertz CT molecular complexity index is 515. The molecule has 0 spiro atoms. The molecule has 0 saturated carbocycles. The van der Waals surface area contributed by atoms with E-state index in [9.17, 15) is 0 Å². The van der Waals surface area contributed by atoms with Crippen LogP contribution >= 0.6 is 11.3 Å². The number of nitrogens with two attached hydrogens (primary N) is 1. The van der Waals surface area contributed by atoms with Gasteiger partial charge in [0.15, 0.2) is 0 Å². The molecule has 16 heavy (non-hydrogen) atoms. The highest BCUT2D eigenvalue weighted by Gasteiger charge is 2.08. The first-order valence-electron chi connectivity index (χ1n) is 5.34. The van der Waals surface area contributed by atoms with Crippen LogP contribution in [0.15, 0.2) is 17.5 Å². The molecule has 84 valence electrons. The van der Waals surface area contributed by atoms with Gasteiger partial charge in [-0.3, -0.25) is 0 Å². The maximum atomic E-state index is 5.58. The van der Waals surface area contributed by atoms with Crippen LogP contribution < -0.4 is 5.73 Å². The van der Waals surface area contributed by atoms with Gasteiger partial charge in [-0.25, -0.2) is 4.98 Å². The molecular weight excluding hydrogens is 216 g/mol. The summed E-state index contributed by atoms with van der Waals surface area (Å²) in [5.74, 6) is 0. The molecule has 0 aliphatic rings. The molecular formula is C13H16N2S. The molecule has 2 nitrogen and oxygen atoms in total. The molecule has 0 aliphatic heterocycles. The molecule has 3 heteroatoms. The summed E-state index contributed by atoms with van der Waals surface area (Å²) in [5, 5.41) is 3.10. The molecule has 1 heterocycles. The van der Waals surface area contributed by atoms with Gasteiger partial charge in [-0.1, -0.05) is 6.07 Å². The van der Waals surface area contributed by atoms with Gasteiger partial charge in [0.05, 0.1) is 5.69 Å². The van der Waals surface area contributed by atoms with Gasteiger partial charge in [-0.2, -0.15) is 0 Å². The van der Waals surface area contributed by atoms with E-state index < -0.39 is 0 Å². The first-order chi connectivity index (χ1) is 7.61. The molecule has 0 atom stereocenters. The zero-order chi connectivity index (χ0) is 11.7. The van der Waals surface area contributed by atoms with Crippen LogP contribution in [0, 0.1) is 20.8 Å². The second-order valence-corrected chi connectivity index (χ2v) is 4.96. The average molecular weight is 232 g/mol. The van der Waals surface area contributed by atoms with Crippen LogP contribution in [0.4, 0.5) is 0 Å². The van der Waals surface area contributed by atoms with Crippen LogP contribution in [0.3, 0.4) is 0 Å². The predicted octanol–water partition coefficient (Wildman–Crippen LogP) is 3.19. The smallest absolute Gasteiger partial charge is 0.123 e. The van der Waals surface area contributed by atoms with Crippen molar-refractivity contribution in [2.24, 2.45) is 5.73 Å². The average Bonchev–Trinajstić information content (AvgIpc) is 2.71. The topological polar surface area (TPSA) is 38.9 Å². The van der Waals surface area contributed by atoms with Gasteiger partial charge in [0.25, 0.3) is 0 Å². The van der Waals surface area contributed by atoms with Crippen molar-refractivity contribution in [2.45, 2.75) is 27.3 Å². The van der Waals surface area contributed by atoms with Crippen molar-refractivity contribution < 1.29 is 0 Å². The molecule has 0 unspecified atom stereocenters. The molecule has 0 bridgehead atoms. The van der Waals surface area contributed by atoms with Gasteiger partial charge in [0, 0.05) is 17.5 Å². The van der Waals surface area contributed by atoms with Gasteiger partial charge in [-0.05, 0) is 43.5 Å². The highest BCUT2D eigenvalue weighted by Crippen LogP contribution is 2.28. The lowest BCUT2D eigenvalue weighted by Gasteiger charge is -2.07. The largest absolute Gasteiger partial charge is 0.325 e. The molecule has 0 amide bonds. The fraction of sp³-hybridized carbons (Fsp3) is 0.308. The van der Waals surface area contributed by atoms with Crippen molar-refractivity contribution in [3.63, 3.8) is 0 Å². The summed E-state index contributed by atoms with van der Waals surface area (Å²) in [5.41, 5.74) is 11.7. The lowest BCUT2D eigenvalue weighted by molar-refractivity contribution is 1.01. The second-order valence-electron chi connectivity index (χ2n) is 4.10. The molecule has 2 rings (SSSR count). The summed E-state index contributed by atoms with van der Waals surface area (Å²) in [6.07, 6.45) is 0. The second kappa shape index (κ2) is 4.36. The normalized spacial score (nSPS) is 10.8. The lowest BCUT2D eigenvalue weighted by Crippen LogP contribution is -1.96. The Hall–Kier alpha value is -1.19. The van der Waals surface area contributed by atoms with E-state index >= 15 is 0 Å². The van der Waals surface area contributed by atoms with E-state index in [4.69, 9.17) is 5.73 Å². The molecule has 1 aromatic heterocycles. The maximum absolute atomic E-state index is 5.58. The Balaban J connectivity index is 2.51. The third-order valence-corrected chi connectivity index (χ3v) is 3.76. The minimum atomic E-state index is 0.514. The van der Waals surface area contributed by atoms with Crippen molar-refractivity contribution >= 4 is 11.3 Å². The van der Waals surface area contributed by atoms with Gasteiger partial charge >= 0.3 is 0 Å². The molecule has 0 aliphatic carbocycles. The van der Waals surface area contributed by atoms with E-state index in [1.165, 1.54) is 22.3 Å². The fourth-order valence-electron chi connectivity index (χ4n) is 1.72. The number of thiazole rings is 1. The minimum absolute atomic E-state index is 0.514. The number of rotatable bonds is 2. The lowest BCUT2D eigenvalue weighted by atomic mass is 10.0. The van der Waals surface area contributed by atoms with Gasteiger partial charge in [0.1, 0.15) is 5.01 Å². The van der Waals surface area contributed by atoms with Crippen LogP contribution in [0.5, 0.6) is 0 Å². The Labute approximate surface area is 100 Å². The van der Waals surface area contributed by atoms with E-state index in [1.54, 1.807) is 11.3 Å². The summed E-state index contributed by atoms with van der Waals surface area (Å²) in [4.78, 5) is 4.52. The molecule has 0 saturated heterocycles. The number of hydrogen-bond donors (Lipinski definition) is 1. The number of aryl methyl sites for hydroxylation is 3. The van der Waals surface area contributed by atoms with Crippen molar-refractivity contribution in [3.8, 4) is 10.6 Å². The number of nitrogens with zero attached hydrogens (tertiary/aromatic N) is 1. The third kappa shape index (κ3) is 2.01. The summed E-state index contributed by atoms with van der Waals surface area (Å²) in [6, 6.07) is 4.43. The van der Waals surface area contributed by atoms with Crippen molar-refractivity contribution in [1.29, 1.82) is 0 Å². The van der Waals surface area contributed by atoms with E-state index in [-0.39, 0.29) is 0 Å². The van der Waals surface area contributed by atoms with Crippen LogP contribution in [-0.2, 0) is 6.54 Å². The van der Waals surface area contributed by atoms with Gasteiger partial charge in [-0.15, -0.1) is 11.3 Å². The van der Waals surface area contributed by atoms with Crippen molar-refractivity contribution in [2.75, 3.05) is 0 Å². The predicted molar refractivity (Wildman–Crippen MR) is 69.7 cm³/mol. The number of aromatic nitrogens is 1. The summed E-state index contributed by atoms with van der Waals surface area (Å²) in [7, 11) is 0. The molecule has 0 radical (unpaired) electrons. The van der Waals surface area contributed by atoms with E-state index in [1.807, 2.05) is 5.38 Å². The Kier molecular flexibility index (Phi) is 3.08. The SMILES string of the molecule is Cc1cc(C)c(-c2nc(CN)cs2)cc1C. The number of benzene rings is 1. The van der Waals surface area contributed by atoms with Crippen LogP contribution in [0.25, 0.3) is 10.6 Å². The Morgan fingerprint density at radius 2 is 1.81 bits per heavy atom. The molecule has 2 N–H and O–H groups in total. The zero-order valence-corrected chi connectivity index (χ0v) is 10.7. The minimum Gasteiger partial charge on any atom is -0.325 e. The first-order valence-corrected chi connectivity index (χ1v) is 6.22. The quantitative estimate of drug-likeness (QED) is 0.863. The van der Waals surface area contributed by atoms with Crippen LogP contribution in [0.2, 0.25) is 0 Å². The summed E-state index contributed by atoms with van der Waals surface area (Å²) in [6.45, 7) is 6.92.